The summed E-state index contributed by atoms with van der Waals surface area (Å²) in [5, 5.41) is 26.8. The fourth-order valence-corrected chi connectivity index (χ4v) is 6.45. The molecule has 0 unspecified atom stereocenters. The summed E-state index contributed by atoms with van der Waals surface area (Å²) in [4.78, 5) is 66.7. The second-order valence-corrected chi connectivity index (χ2v) is 15.0. The van der Waals surface area contributed by atoms with Crippen molar-refractivity contribution in [3.63, 3.8) is 0 Å². The number of nitrogens with one attached hydrogen (secondary N) is 6. The number of imidazole rings is 1. The zero-order valence-corrected chi connectivity index (χ0v) is 34.0. The van der Waals surface area contributed by atoms with Crippen LogP contribution in [0.15, 0.2) is 103 Å². The number of hydrogen-bond donors (Lipinski definition) is 7. The van der Waals surface area contributed by atoms with Gasteiger partial charge in [-0.15, -0.1) is 0 Å². The van der Waals surface area contributed by atoms with Crippen LogP contribution in [0.3, 0.4) is 0 Å². The number of aliphatic hydroxyl groups is 1. The fourth-order valence-electron chi connectivity index (χ4n) is 6.45. The van der Waals surface area contributed by atoms with E-state index in [1.54, 1.807) is 65.4 Å². The first-order valence-corrected chi connectivity index (χ1v) is 19.6. The number of methoxy groups -OCH3 is 1. The van der Waals surface area contributed by atoms with Gasteiger partial charge in [0, 0.05) is 12.7 Å². The van der Waals surface area contributed by atoms with E-state index in [0.717, 1.165) is 22.2 Å². The largest absolute Gasteiger partial charge is 0.497 e. The molecular formula is C44H54N8O7. The third-order valence-corrected chi connectivity index (χ3v) is 9.79. The summed E-state index contributed by atoms with van der Waals surface area (Å²) in [5.41, 5.74) is 3.78. The number of fused-ring (bicyclic) bond motifs is 1. The molecular weight excluding hydrogens is 753 g/mol. The van der Waals surface area contributed by atoms with Crippen LogP contribution in [0.2, 0.25) is 0 Å². The van der Waals surface area contributed by atoms with Gasteiger partial charge in [-0.05, 0) is 53.1 Å². The van der Waals surface area contributed by atoms with Crippen LogP contribution in [-0.4, -0.2) is 81.3 Å². The van der Waals surface area contributed by atoms with Gasteiger partial charge in [0.15, 0.2) is 0 Å². The second kappa shape index (κ2) is 21.4. The standard InChI is InChI=1S/C44H54N8O7/c1-27(2)37(41(54)47-25-36-48-33-20-21-45-24-35(33)49-36)51-43(56)39(46-23-30-16-18-32(58-5)19-17-30)40(53)34(22-29-12-8-6-9-13-29)50-42(55)38(28(3)4)52-44(57)59-26-31-14-10-7-11-15-31/h6-21,24,27-28,34,37-40,46,53H,22-23,25-26H2,1-5H3,(H,47,54)(H,48,49)(H,50,55)(H,51,56)(H,52,57)/t34-,37-,38-,39+,40+/m0/s1. The predicted octanol–water partition coefficient (Wildman–Crippen LogP) is 3.92. The van der Waals surface area contributed by atoms with Crippen molar-refractivity contribution in [1.82, 2.24) is 41.5 Å². The number of carbonyl (C=O) groups excluding carboxylic acids is 4. The average molecular weight is 807 g/mol. The third-order valence-electron chi connectivity index (χ3n) is 9.79. The number of pyridine rings is 1. The number of aliphatic hydroxyl groups excluding tert-OH is 1. The monoisotopic (exact) mass is 806 g/mol. The molecule has 0 saturated heterocycles. The highest BCUT2D eigenvalue weighted by Gasteiger charge is 2.38. The van der Waals surface area contributed by atoms with Crippen LogP contribution in [0, 0.1) is 11.8 Å². The highest BCUT2D eigenvalue weighted by Crippen LogP contribution is 2.16. The molecule has 5 rings (SSSR count). The van der Waals surface area contributed by atoms with E-state index in [1.165, 1.54) is 0 Å². The maximum Gasteiger partial charge on any atom is 0.408 e. The molecule has 15 nitrogen and oxygen atoms in total. The number of aromatic nitrogens is 3. The number of H-pyrrole nitrogens is 1. The predicted molar refractivity (Wildman–Crippen MR) is 223 cm³/mol. The van der Waals surface area contributed by atoms with Gasteiger partial charge in [0.05, 0.1) is 43.0 Å². The number of rotatable bonds is 20. The van der Waals surface area contributed by atoms with Crippen molar-refractivity contribution >= 4 is 34.8 Å². The van der Waals surface area contributed by atoms with E-state index in [9.17, 15) is 24.3 Å². The lowest BCUT2D eigenvalue weighted by Crippen LogP contribution is -2.63. The van der Waals surface area contributed by atoms with Crippen molar-refractivity contribution in [2.75, 3.05) is 7.11 Å². The molecule has 15 heteroatoms. The Balaban J connectivity index is 1.37. The normalized spacial score (nSPS) is 13.8. The Labute approximate surface area is 344 Å². The van der Waals surface area contributed by atoms with Crippen molar-refractivity contribution in [3.05, 3.63) is 126 Å². The molecule has 0 aliphatic rings. The molecule has 312 valence electrons. The topological polar surface area (TPSA) is 209 Å². The van der Waals surface area contributed by atoms with E-state index in [-0.39, 0.29) is 38.0 Å². The number of benzene rings is 3. The Bertz CT molecular complexity index is 2080. The summed E-state index contributed by atoms with van der Waals surface area (Å²) in [7, 11) is 1.56. The summed E-state index contributed by atoms with van der Waals surface area (Å²) in [5.74, 6) is -1.25. The van der Waals surface area contributed by atoms with Gasteiger partial charge in [-0.1, -0.05) is 100 Å². The van der Waals surface area contributed by atoms with Gasteiger partial charge in [0.25, 0.3) is 0 Å². The molecule has 5 atom stereocenters. The van der Waals surface area contributed by atoms with Gasteiger partial charge in [-0.25, -0.2) is 9.78 Å². The summed E-state index contributed by atoms with van der Waals surface area (Å²) < 4.78 is 10.7. The van der Waals surface area contributed by atoms with Crippen molar-refractivity contribution < 1.29 is 33.8 Å². The van der Waals surface area contributed by atoms with E-state index in [1.807, 2.05) is 72.8 Å². The van der Waals surface area contributed by atoms with Gasteiger partial charge in [-0.2, -0.15) is 0 Å². The summed E-state index contributed by atoms with van der Waals surface area (Å²) in [6, 6.07) is 22.9. The molecule has 7 N–H and O–H groups in total. The summed E-state index contributed by atoms with van der Waals surface area (Å²) in [6.07, 6.45) is 1.09. The van der Waals surface area contributed by atoms with Crippen molar-refractivity contribution in [1.29, 1.82) is 0 Å². The van der Waals surface area contributed by atoms with E-state index >= 15 is 0 Å². The molecule has 59 heavy (non-hydrogen) atoms. The van der Waals surface area contributed by atoms with Crippen molar-refractivity contribution in [2.24, 2.45) is 11.8 Å². The first-order chi connectivity index (χ1) is 28.4. The molecule has 0 saturated carbocycles. The van der Waals surface area contributed by atoms with Gasteiger partial charge in [0.2, 0.25) is 17.7 Å². The smallest absolute Gasteiger partial charge is 0.408 e. The lowest BCUT2D eigenvalue weighted by Gasteiger charge is -2.33. The molecule has 0 bridgehead atoms. The fraction of sp³-hybridized carbons (Fsp3) is 0.364. The lowest BCUT2D eigenvalue weighted by molar-refractivity contribution is -0.134. The van der Waals surface area contributed by atoms with E-state index in [0.29, 0.717) is 17.1 Å². The van der Waals surface area contributed by atoms with Crippen LogP contribution < -0.4 is 31.3 Å². The summed E-state index contributed by atoms with van der Waals surface area (Å²) >= 11 is 0. The highest BCUT2D eigenvalue weighted by molar-refractivity contribution is 5.91. The Kier molecular flexibility index (Phi) is 15.9. The van der Waals surface area contributed by atoms with Crippen LogP contribution in [0.4, 0.5) is 4.79 Å². The highest BCUT2D eigenvalue weighted by atomic mass is 16.5. The van der Waals surface area contributed by atoms with Crippen LogP contribution in [0.1, 0.15) is 50.2 Å². The Morgan fingerprint density at radius 2 is 1.34 bits per heavy atom. The van der Waals surface area contributed by atoms with Crippen LogP contribution >= 0.6 is 0 Å². The minimum Gasteiger partial charge on any atom is -0.497 e. The zero-order valence-electron chi connectivity index (χ0n) is 34.0. The maximum atomic E-state index is 14.4. The van der Waals surface area contributed by atoms with Gasteiger partial charge in [-0.3, -0.25) is 24.7 Å². The molecule has 5 aromatic rings. The molecule has 2 aromatic heterocycles. The Morgan fingerprint density at radius 1 is 0.712 bits per heavy atom. The first kappa shape index (κ1) is 43.8. The summed E-state index contributed by atoms with van der Waals surface area (Å²) in [6.45, 7) is 7.39. The minimum atomic E-state index is -1.53. The molecule has 4 amide bonds. The van der Waals surface area contributed by atoms with Gasteiger partial charge in [0.1, 0.15) is 36.3 Å². The zero-order chi connectivity index (χ0) is 42.3. The molecule has 2 heterocycles. The lowest BCUT2D eigenvalue weighted by atomic mass is 9.93. The number of hydrogen-bond acceptors (Lipinski definition) is 10. The molecule has 3 aromatic carbocycles. The van der Waals surface area contributed by atoms with Crippen LogP contribution in [0.25, 0.3) is 11.0 Å². The van der Waals surface area contributed by atoms with Gasteiger partial charge < -0.3 is 40.8 Å². The third kappa shape index (κ3) is 12.8. The first-order valence-electron chi connectivity index (χ1n) is 19.6. The molecule has 0 aliphatic heterocycles. The van der Waals surface area contributed by atoms with Crippen LogP contribution in [-0.2, 0) is 45.2 Å². The Morgan fingerprint density at radius 3 is 1.97 bits per heavy atom. The Hall–Kier alpha value is -6.32. The van der Waals surface area contributed by atoms with E-state index in [4.69, 9.17) is 9.47 Å². The maximum absolute atomic E-state index is 14.4. The number of ether oxygens (including phenoxy) is 2. The number of aromatic amines is 1. The number of nitrogens with zero attached hydrogens (tertiary/aromatic N) is 2. The van der Waals surface area contributed by atoms with Gasteiger partial charge >= 0.3 is 6.09 Å². The quantitative estimate of drug-likeness (QED) is 0.0603. The average Bonchev–Trinajstić information content (AvgIpc) is 3.67. The molecule has 0 spiro atoms. The molecule has 0 radical (unpaired) electrons. The van der Waals surface area contributed by atoms with Crippen molar-refractivity contribution in [2.45, 2.75) is 84.1 Å². The van der Waals surface area contributed by atoms with Crippen molar-refractivity contribution in [3.8, 4) is 5.75 Å². The number of carbonyl (C=O) groups is 4. The number of amides is 4. The SMILES string of the molecule is COc1ccc(CN[C@@H](C(=O)N[C@H](C(=O)NCc2nc3ccncc3[nH]2)C(C)C)[C@H](O)[C@H](Cc2ccccc2)NC(=O)[C@@H](NC(=O)OCc2ccccc2)C(C)C)cc1. The molecule has 0 fully saturated rings. The second-order valence-electron chi connectivity index (χ2n) is 15.0. The number of alkyl carbamates (subject to hydrolysis) is 1. The molecule has 0 aliphatic carbocycles. The van der Waals surface area contributed by atoms with E-state index in [2.05, 4.69) is 41.5 Å². The van der Waals surface area contributed by atoms with Crippen LogP contribution in [0.5, 0.6) is 5.75 Å². The minimum absolute atomic E-state index is 0.0120. The van der Waals surface area contributed by atoms with E-state index < -0.39 is 54.1 Å².